The van der Waals surface area contributed by atoms with Crippen molar-refractivity contribution in [1.82, 2.24) is 64.8 Å². The Morgan fingerprint density at radius 2 is 0.444 bits per heavy atom. The minimum atomic E-state index is 0.793. The Morgan fingerprint density at radius 1 is 0.130 bits per heavy atom. The molecular weight excluding hydrogens is 1320 g/mol. The third-order valence-electron chi connectivity index (χ3n) is 19.4. The fraction of sp³-hybridized carbons (Fsp3) is 0. The van der Waals surface area contributed by atoms with Crippen molar-refractivity contribution in [2.24, 2.45) is 0 Å². The van der Waals surface area contributed by atoms with Gasteiger partial charge in [0, 0.05) is 80.6 Å². The number of fused-ring (bicyclic) bond motifs is 7. The molecule has 0 saturated carbocycles. The van der Waals surface area contributed by atoms with E-state index in [0.29, 0.717) is 0 Å². The van der Waals surface area contributed by atoms with Gasteiger partial charge in [-0.1, -0.05) is 146 Å². The van der Waals surface area contributed by atoms with Crippen LogP contribution in [0.25, 0.3) is 201 Å². The molecule has 20 rings (SSSR count). The van der Waals surface area contributed by atoms with E-state index in [2.05, 4.69) is 236 Å². The van der Waals surface area contributed by atoms with Crippen molar-refractivity contribution in [2.45, 2.75) is 0 Å². The average Bonchev–Trinajstić information content (AvgIpc) is 0.787. The monoisotopic (exact) mass is 1380 g/mol. The molecule has 0 atom stereocenters. The zero-order valence-corrected chi connectivity index (χ0v) is 57.9. The minimum absolute atomic E-state index is 0.793. The van der Waals surface area contributed by atoms with E-state index in [1.54, 1.807) is 31.0 Å². The molecule has 0 amide bonds. The van der Waals surface area contributed by atoms with Gasteiger partial charge in [0.05, 0.1) is 113 Å². The van der Waals surface area contributed by atoms with Crippen LogP contribution in [0.3, 0.4) is 0 Å². The van der Waals surface area contributed by atoms with Gasteiger partial charge in [-0.3, -0.25) is 29.9 Å². The number of aromatic nitrogens is 13. The summed E-state index contributed by atoms with van der Waals surface area (Å²) in [6.07, 6.45) is 10.8. The van der Waals surface area contributed by atoms with Gasteiger partial charge in [-0.15, -0.1) is 0 Å². The third kappa shape index (κ3) is 13.0. The molecule has 20 aromatic rings. The number of rotatable bonds is 12. The van der Waals surface area contributed by atoms with Crippen LogP contribution in [0.15, 0.2) is 359 Å². The SMILES string of the molecule is c1ccc(-c2cc(-c3ccc(-c4ccc5cc(-c6ccc7nc(-c8ccccn8)ccc7c6)ccc5n4)cc3)cc(-c3ccccn3)n2)nc1.c1ccc(-c2cc(-c3cccc(-c4ccc5cc(-c6ccc7nc(-c8ccc9ccc%10cccnc%10c9n8)ccc7c6)ccc5n4)c3)cc(-c3ccccn3)n2)nc1. The third-order valence-corrected chi connectivity index (χ3v) is 19.4. The van der Waals surface area contributed by atoms with Crippen molar-refractivity contribution < 1.29 is 0 Å². The molecule has 0 unspecified atom stereocenters. The van der Waals surface area contributed by atoms with Crippen molar-refractivity contribution >= 4 is 65.4 Å². The van der Waals surface area contributed by atoms with Gasteiger partial charge in [0.2, 0.25) is 0 Å². The lowest BCUT2D eigenvalue weighted by Gasteiger charge is -2.11. The highest BCUT2D eigenvalue weighted by molar-refractivity contribution is 6.03. The summed E-state index contributed by atoms with van der Waals surface area (Å²) in [6.45, 7) is 0. The predicted molar refractivity (Wildman–Crippen MR) is 434 cm³/mol. The highest BCUT2D eigenvalue weighted by atomic mass is 14.8. The molecule has 0 N–H and O–H groups in total. The Labute approximate surface area is 620 Å². The van der Waals surface area contributed by atoms with Gasteiger partial charge in [0.25, 0.3) is 0 Å². The van der Waals surface area contributed by atoms with Gasteiger partial charge in [-0.2, -0.15) is 0 Å². The van der Waals surface area contributed by atoms with E-state index in [-0.39, 0.29) is 0 Å². The smallest absolute Gasteiger partial charge is 0.0972 e. The molecule has 504 valence electrons. The first-order valence-corrected chi connectivity index (χ1v) is 35.5. The largest absolute Gasteiger partial charge is 0.255 e. The van der Waals surface area contributed by atoms with Gasteiger partial charge in [-0.25, -0.2) is 34.9 Å². The summed E-state index contributed by atoms with van der Waals surface area (Å²) in [5, 5.41) is 6.45. The first-order chi connectivity index (χ1) is 53.4. The molecule has 0 bridgehead atoms. The number of benzene rings is 7. The van der Waals surface area contributed by atoms with E-state index in [0.717, 1.165) is 201 Å². The van der Waals surface area contributed by atoms with E-state index in [1.165, 1.54) is 0 Å². The Morgan fingerprint density at radius 3 is 0.880 bits per heavy atom. The Hall–Kier alpha value is -15.0. The van der Waals surface area contributed by atoms with E-state index in [4.69, 9.17) is 34.9 Å². The second-order valence-electron chi connectivity index (χ2n) is 26.3. The van der Waals surface area contributed by atoms with Gasteiger partial charge in [-0.05, 0) is 220 Å². The first-order valence-electron chi connectivity index (χ1n) is 35.5. The van der Waals surface area contributed by atoms with Crippen LogP contribution >= 0.6 is 0 Å². The van der Waals surface area contributed by atoms with Crippen LogP contribution in [-0.2, 0) is 0 Å². The van der Waals surface area contributed by atoms with E-state index in [1.807, 2.05) is 121 Å². The van der Waals surface area contributed by atoms with Gasteiger partial charge in [0.1, 0.15) is 0 Å². The van der Waals surface area contributed by atoms with Crippen LogP contribution < -0.4 is 0 Å². The number of nitrogens with zero attached hydrogens (tertiary/aromatic N) is 13. The number of hydrogen-bond donors (Lipinski definition) is 0. The van der Waals surface area contributed by atoms with Crippen molar-refractivity contribution in [3.63, 3.8) is 0 Å². The average molecular weight is 1380 g/mol. The molecule has 13 heteroatoms. The Balaban J connectivity index is 0.000000149. The molecule has 13 nitrogen and oxygen atoms in total. The fourth-order valence-electron chi connectivity index (χ4n) is 13.9. The van der Waals surface area contributed by atoms with Crippen molar-refractivity contribution in [2.75, 3.05) is 0 Å². The van der Waals surface area contributed by atoms with Crippen LogP contribution in [0, 0.1) is 0 Å². The summed E-state index contributed by atoms with van der Waals surface area (Å²) in [5.41, 5.74) is 28.0. The summed E-state index contributed by atoms with van der Waals surface area (Å²) >= 11 is 0. The van der Waals surface area contributed by atoms with E-state index >= 15 is 0 Å². The van der Waals surface area contributed by atoms with Crippen LogP contribution in [-0.4, -0.2) is 64.8 Å². The van der Waals surface area contributed by atoms with Crippen LogP contribution in [0.1, 0.15) is 0 Å². The quantitative estimate of drug-likeness (QED) is 0.106. The molecule has 13 heterocycles. The summed E-state index contributed by atoms with van der Waals surface area (Å²) in [7, 11) is 0. The molecule has 0 saturated heterocycles. The van der Waals surface area contributed by atoms with Crippen molar-refractivity contribution in [3.05, 3.63) is 359 Å². The van der Waals surface area contributed by atoms with Gasteiger partial charge < -0.3 is 0 Å². The molecular formula is C95H59N13. The maximum absolute atomic E-state index is 5.12. The normalized spacial score (nSPS) is 11.3. The Kier molecular flexibility index (Phi) is 16.6. The zero-order chi connectivity index (χ0) is 71.7. The second kappa shape index (κ2) is 28.0. The maximum atomic E-state index is 5.12. The summed E-state index contributed by atoms with van der Waals surface area (Å²) in [5.74, 6) is 0. The predicted octanol–water partition coefficient (Wildman–Crippen LogP) is 22.4. The van der Waals surface area contributed by atoms with Crippen LogP contribution in [0.4, 0.5) is 0 Å². The summed E-state index contributed by atoms with van der Waals surface area (Å²) in [6, 6.07) is 110. The number of pyridine rings is 13. The van der Waals surface area contributed by atoms with Crippen LogP contribution in [0.5, 0.6) is 0 Å². The minimum Gasteiger partial charge on any atom is -0.255 e. The topological polar surface area (TPSA) is 168 Å². The van der Waals surface area contributed by atoms with Crippen molar-refractivity contribution in [1.29, 1.82) is 0 Å². The molecule has 0 aliphatic carbocycles. The number of hydrogen-bond acceptors (Lipinski definition) is 13. The fourth-order valence-corrected chi connectivity index (χ4v) is 13.9. The van der Waals surface area contributed by atoms with Gasteiger partial charge in [0.15, 0.2) is 0 Å². The van der Waals surface area contributed by atoms with Gasteiger partial charge >= 0.3 is 0 Å². The molecule has 0 aliphatic rings. The van der Waals surface area contributed by atoms with E-state index in [9.17, 15) is 0 Å². The lowest BCUT2D eigenvalue weighted by Crippen LogP contribution is -1.94. The molecule has 13 aromatic heterocycles. The zero-order valence-electron chi connectivity index (χ0n) is 57.9. The summed E-state index contributed by atoms with van der Waals surface area (Å²) in [4.78, 5) is 62.2. The lowest BCUT2D eigenvalue weighted by molar-refractivity contribution is 1.22. The molecule has 108 heavy (non-hydrogen) atoms. The molecule has 0 fully saturated rings. The molecule has 0 aliphatic heterocycles. The lowest BCUT2D eigenvalue weighted by atomic mass is 9.98. The highest BCUT2D eigenvalue weighted by Gasteiger charge is 2.17. The van der Waals surface area contributed by atoms with Crippen molar-refractivity contribution in [3.8, 4) is 135 Å². The summed E-state index contributed by atoms with van der Waals surface area (Å²) < 4.78 is 0. The molecule has 7 aromatic carbocycles. The first kappa shape index (κ1) is 63.9. The second-order valence-corrected chi connectivity index (χ2v) is 26.3. The Bertz CT molecular complexity index is 6680. The van der Waals surface area contributed by atoms with Crippen LogP contribution in [0.2, 0.25) is 0 Å². The standard InChI is InChI=1S/C51H31N7.C44H28N6/c1-3-24-52-44(10-1)48-30-40(31-49(57-48)45-11-2-4-25-53-45)34-7-5-8-37(27-34)41-21-17-38-28-35(15-19-42(38)55-41)36-16-20-43-39(29-36)18-23-46(56-43)47-22-14-33-13-12-32-9-6-26-54-50(32)51(33)58-47;1-4-22-45-39(7-1)42-21-17-34-26-32(15-19-38(34)49-42)31-14-18-37-33(25-31)16-20-36(48-37)30-12-10-29(11-13-30)35-27-43(40-8-2-5-23-46-40)50-44(28-35)41-9-3-6-24-47-41/h1-31H;1-28H. The molecule has 0 spiro atoms. The van der Waals surface area contributed by atoms with E-state index < -0.39 is 0 Å². The maximum Gasteiger partial charge on any atom is 0.0972 e. The molecule has 0 radical (unpaired) electrons. The highest BCUT2D eigenvalue weighted by Crippen LogP contribution is 2.37.